The number of aromatic nitrogens is 1. The number of hydrogen-bond acceptors (Lipinski definition) is 5. The third-order valence-electron chi connectivity index (χ3n) is 2.33. The van der Waals surface area contributed by atoms with Gasteiger partial charge in [0.1, 0.15) is 0 Å². The van der Waals surface area contributed by atoms with Crippen LogP contribution >= 0.6 is 0 Å². The monoisotopic (exact) mass is 250 g/mol. The summed E-state index contributed by atoms with van der Waals surface area (Å²) < 4.78 is 15.4. The maximum Gasteiger partial charge on any atom is 0.292 e. The van der Waals surface area contributed by atoms with Crippen molar-refractivity contribution < 1.29 is 14.2 Å². The van der Waals surface area contributed by atoms with Gasteiger partial charge in [-0.25, -0.2) is 4.98 Å². The van der Waals surface area contributed by atoms with Gasteiger partial charge in [-0.3, -0.25) is 0 Å². The third-order valence-corrected chi connectivity index (χ3v) is 2.33. The topological polar surface area (TPSA) is 64.4 Å². The van der Waals surface area contributed by atoms with E-state index in [1.165, 1.54) is 13.3 Å². The smallest absolute Gasteiger partial charge is 0.292 e. The molecular formula is C13H18N2O3. The van der Waals surface area contributed by atoms with Crippen LogP contribution in [0.1, 0.15) is 26.7 Å². The summed E-state index contributed by atoms with van der Waals surface area (Å²) in [6.45, 7) is 4.93. The zero-order valence-corrected chi connectivity index (χ0v) is 11.0. The zero-order chi connectivity index (χ0) is 13.4. The molecule has 0 radical (unpaired) electrons. The summed E-state index contributed by atoms with van der Waals surface area (Å²) in [5.74, 6) is 1.89. The minimum Gasteiger partial charge on any atom is -0.488 e. The van der Waals surface area contributed by atoms with Gasteiger partial charge in [0, 0.05) is 6.07 Å². The number of nitrogens with zero attached hydrogens (tertiary/aromatic N) is 2. The van der Waals surface area contributed by atoms with Gasteiger partial charge >= 0.3 is 0 Å². The van der Waals surface area contributed by atoms with Gasteiger partial charge in [0.15, 0.2) is 11.5 Å². The molecule has 1 heterocycles. The fourth-order valence-corrected chi connectivity index (χ4v) is 1.45. The van der Waals surface area contributed by atoms with E-state index in [1.807, 2.05) is 0 Å². The molecule has 0 N–H and O–H groups in total. The molecule has 18 heavy (non-hydrogen) atoms. The molecule has 0 aromatic carbocycles. The molecule has 0 amide bonds. The van der Waals surface area contributed by atoms with Crippen LogP contribution in [0.5, 0.6) is 17.4 Å². The number of rotatable bonds is 7. The van der Waals surface area contributed by atoms with Gasteiger partial charge in [0.2, 0.25) is 0 Å². The van der Waals surface area contributed by atoms with E-state index in [4.69, 9.17) is 19.5 Å². The van der Waals surface area contributed by atoms with Crippen LogP contribution in [0.2, 0.25) is 0 Å². The fraction of sp³-hybridized carbons (Fsp3) is 0.538. The highest BCUT2D eigenvalue weighted by Gasteiger charge is 2.08. The van der Waals surface area contributed by atoms with Crippen molar-refractivity contribution in [2.75, 3.05) is 13.7 Å². The highest BCUT2D eigenvalue weighted by Crippen LogP contribution is 2.28. The number of pyridine rings is 1. The molecule has 0 spiro atoms. The van der Waals surface area contributed by atoms with Gasteiger partial charge in [-0.2, -0.15) is 0 Å². The Bertz CT molecular complexity index is 413. The van der Waals surface area contributed by atoms with Gasteiger partial charge in [0.05, 0.1) is 19.9 Å². The molecule has 1 aromatic heterocycles. The molecule has 5 heteroatoms. The Labute approximate surface area is 107 Å². The van der Waals surface area contributed by atoms with E-state index in [9.17, 15) is 0 Å². The minimum atomic E-state index is 0.345. The first kappa shape index (κ1) is 14.1. The molecule has 0 unspecified atom stereocenters. The maximum atomic E-state index is 8.44. The predicted molar refractivity (Wildman–Crippen MR) is 66.6 cm³/mol. The molecule has 0 aliphatic heterocycles. The van der Waals surface area contributed by atoms with Crippen LogP contribution in [0, 0.1) is 17.4 Å². The van der Waals surface area contributed by atoms with Crippen molar-refractivity contribution in [2.24, 2.45) is 5.92 Å². The SMILES string of the molecule is COc1ncc(OC#N)cc1OCCCC(C)C. The van der Waals surface area contributed by atoms with Crippen LogP contribution in [0.15, 0.2) is 12.3 Å². The predicted octanol–water partition coefficient (Wildman–Crippen LogP) is 2.77. The lowest BCUT2D eigenvalue weighted by Crippen LogP contribution is -2.02. The average molecular weight is 250 g/mol. The Kier molecular flexibility index (Phi) is 5.78. The van der Waals surface area contributed by atoms with Crippen molar-refractivity contribution in [3.63, 3.8) is 0 Å². The van der Waals surface area contributed by atoms with Crippen LogP contribution in [-0.4, -0.2) is 18.7 Å². The molecule has 5 nitrogen and oxygen atoms in total. The summed E-state index contributed by atoms with van der Waals surface area (Å²) in [5.41, 5.74) is 0. The first-order valence-corrected chi connectivity index (χ1v) is 5.90. The van der Waals surface area contributed by atoms with E-state index < -0.39 is 0 Å². The largest absolute Gasteiger partial charge is 0.488 e. The molecule has 1 rings (SSSR count). The zero-order valence-electron chi connectivity index (χ0n) is 11.0. The quantitative estimate of drug-likeness (QED) is 0.550. The molecule has 0 aliphatic rings. The molecule has 0 aliphatic carbocycles. The van der Waals surface area contributed by atoms with Crippen LogP contribution in [-0.2, 0) is 0 Å². The van der Waals surface area contributed by atoms with E-state index in [-0.39, 0.29) is 0 Å². The minimum absolute atomic E-state index is 0.345. The first-order chi connectivity index (χ1) is 8.67. The maximum absolute atomic E-state index is 8.44. The number of ether oxygens (including phenoxy) is 3. The second kappa shape index (κ2) is 7.38. The lowest BCUT2D eigenvalue weighted by molar-refractivity contribution is 0.273. The molecular weight excluding hydrogens is 232 g/mol. The Balaban J connectivity index is 2.61. The standard InChI is InChI=1S/C13H18N2O3/c1-10(2)5-4-6-17-12-7-11(18-9-14)8-15-13(12)16-3/h7-8,10H,4-6H2,1-3H3. The van der Waals surface area contributed by atoms with E-state index >= 15 is 0 Å². The lowest BCUT2D eigenvalue weighted by atomic mass is 10.1. The van der Waals surface area contributed by atoms with Gasteiger partial charge in [-0.15, -0.1) is 5.26 Å². The van der Waals surface area contributed by atoms with Gasteiger partial charge in [-0.05, 0) is 18.8 Å². The van der Waals surface area contributed by atoms with Crippen LogP contribution < -0.4 is 14.2 Å². The Morgan fingerprint density at radius 2 is 2.22 bits per heavy atom. The van der Waals surface area contributed by atoms with E-state index in [2.05, 4.69) is 18.8 Å². The third kappa shape index (κ3) is 4.50. The molecule has 1 aromatic rings. The summed E-state index contributed by atoms with van der Waals surface area (Å²) in [5, 5.41) is 8.44. The van der Waals surface area contributed by atoms with Crippen LogP contribution in [0.25, 0.3) is 0 Å². The van der Waals surface area contributed by atoms with Crippen molar-refractivity contribution in [2.45, 2.75) is 26.7 Å². The Morgan fingerprint density at radius 3 is 2.83 bits per heavy atom. The molecule has 0 fully saturated rings. The highest BCUT2D eigenvalue weighted by molar-refractivity contribution is 5.39. The number of hydrogen-bond donors (Lipinski definition) is 0. The van der Waals surface area contributed by atoms with Crippen LogP contribution in [0.3, 0.4) is 0 Å². The van der Waals surface area contributed by atoms with E-state index in [0.29, 0.717) is 29.9 Å². The summed E-state index contributed by atoms with van der Waals surface area (Å²) in [4.78, 5) is 4.01. The highest BCUT2D eigenvalue weighted by atomic mass is 16.5. The lowest BCUT2D eigenvalue weighted by Gasteiger charge is -2.10. The van der Waals surface area contributed by atoms with Crippen molar-refractivity contribution in [3.05, 3.63) is 12.3 Å². The summed E-state index contributed by atoms with van der Waals surface area (Å²) in [6, 6.07) is 1.60. The second-order valence-electron chi connectivity index (χ2n) is 4.26. The van der Waals surface area contributed by atoms with Crippen LogP contribution in [0.4, 0.5) is 0 Å². The van der Waals surface area contributed by atoms with Crippen molar-refractivity contribution in [1.82, 2.24) is 4.98 Å². The van der Waals surface area contributed by atoms with Gasteiger partial charge < -0.3 is 14.2 Å². The van der Waals surface area contributed by atoms with Gasteiger partial charge in [-0.1, -0.05) is 13.8 Å². The van der Waals surface area contributed by atoms with Crippen molar-refractivity contribution in [1.29, 1.82) is 5.26 Å². The normalized spacial score (nSPS) is 9.94. The van der Waals surface area contributed by atoms with E-state index in [1.54, 1.807) is 12.3 Å². The Hall–Kier alpha value is -1.96. The number of nitriles is 1. The fourth-order valence-electron chi connectivity index (χ4n) is 1.45. The summed E-state index contributed by atoms with van der Waals surface area (Å²) in [7, 11) is 1.52. The molecule has 0 bridgehead atoms. The van der Waals surface area contributed by atoms with Crippen molar-refractivity contribution >= 4 is 0 Å². The second-order valence-corrected chi connectivity index (χ2v) is 4.26. The number of methoxy groups -OCH3 is 1. The van der Waals surface area contributed by atoms with E-state index in [0.717, 1.165) is 12.8 Å². The molecule has 0 saturated heterocycles. The average Bonchev–Trinajstić information content (AvgIpc) is 2.35. The van der Waals surface area contributed by atoms with Crippen molar-refractivity contribution in [3.8, 4) is 23.6 Å². The molecule has 0 saturated carbocycles. The summed E-state index contributed by atoms with van der Waals surface area (Å²) in [6.07, 6.45) is 5.08. The molecule has 98 valence electrons. The Morgan fingerprint density at radius 1 is 1.44 bits per heavy atom. The summed E-state index contributed by atoms with van der Waals surface area (Å²) >= 11 is 0. The first-order valence-electron chi connectivity index (χ1n) is 5.90. The van der Waals surface area contributed by atoms with Gasteiger partial charge in [0.25, 0.3) is 12.1 Å². The molecule has 0 atom stereocenters.